The Morgan fingerprint density at radius 3 is 2.75 bits per heavy atom. The maximum atomic E-state index is 5.75. The summed E-state index contributed by atoms with van der Waals surface area (Å²) in [7, 11) is 0. The van der Waals surface area contributed by atoms with Crippen molar-refractivity contribution in [2.24, 2.45) is 5.73 Å². The normalized spacial score (nSPS) is 10.8. The van der Waals surface area contributed by atoms with Crippen molar-refractivity contribution in [1.82, 2.24) is 4.98 Å². The quantitative estimate of drug-likeness (QED) is 0.722. The van der Waals surface area contributed by atoms with Crippen LogP contribution in [0.5, 0.6) is 5.75 Å². The standard InChI is InChI=1S/C16H16N2O2/c17-9-4-10-19-13-7-8-15-14(11-13)18-16(20-15)12-5-2-1-3-6-12/h1-3,5-8,11H,4,9-10,17H2. The second-order valence-electron chi connectivity index (χ2n) is 4.51. The molecule has 0 radical (unpaired) electrons. The maximum absolute atomic E-state index is 5.75. The molecule has 0 unspecified atom stereocenters. The summed E-state index contributed by atoms with van der Waals surface area (Å²) in [5.41, 5.74) is 7.97. The first-order valence-corrected chi connectivity index (χ1v) is 6.66. The topological polar surface area (TPSA) is 61.3 Å². The van der Waals surface area contributed by atoms with E-state index >= 15 is 0 Å². The van der Waals surface area contributed by atoms with E-state index in [-0.39, 0.29) is 0 Å². The average molecular weight is 268 g/mol. The van der Waals surface area contributed by atoms with Gasteiger partial charge in [-0.3, -0.25) is 0 Å². The highest BCUT2D eigenvalue weighted by Gasteiger charge is 2.08. The van der Waals surface area contributed by atoms with E-state index in [1.807, 2.05) is 48.5 Å². The van der Waals surface area contributed by atoms with Gasteiger partial charge in [0.25, 0.3) is 0 Å². The van der Waals surface area contributed by atoms with Crippen LogP contribution in [-0.2, 0) is 0 Å². The van der Waals surface area contributed by atoms with Gasteiger partial charge in [0, 0.05) is 11.6 Å². The summed E-state index contributed by atoms with van der Waals surface area (Å²) in [5, 5.41) is 0. The van der Waals surface area contributed by atoms with Crippen LogP contribution in [0.3, 0.4) is 0 Å². The molecule has 0 bridgehead atoms. The number of benzene rings is 2. The van der Waals surface area contributed by atoms with Crippen molar-refractivity contribution in [3.05, 3.63) is 48.5 Å². The lowest BCUT2D eigenvalue weighted by molar-refractivity contribution is 0.314. The van der Waals surface area contributed by atoms with Crippen LogP contribution in [0.25, 0.3) is 22.6 Å². The molecule has 0 aliphatic carbocycles. The van der Waals surface area contributed by atoms with Crippen LogP contribution >= 0.6 is 0 Å². The van der Waals surface area contributed by atoms with Crippen molar-refractivity contribution in [2.75, 3.05) is 13.2 Å². The molecule has 0 atom stereocenters. The smallest absolute Gasteiger partial charge is 0.227 e. The van der Waals surface area contributed by atoms with Gasteiger partial charge in [-0.05, 0) is 37.2 Å². The van der Waals surface area contributed by atoms with Gasteiger partial charge in [0.15, 0.2) is 5.58 Å². The third kappa shape index (κ3) is 2.65. The molecular formula is C16H16N2O2. The van der Waals surface area contributed by atoms with E-state index in [9.17, 15) is 0 Å². The zero-order chi connectivity index (χ0) is 13.8. The first-order chi connectivity index (χ1) is 9.86. The van der Waals surface area contributed by atoms with Gasteiger partial charge in [0.2, 0.25) is 5.89 Å². The molecule has 102 valence electrons. The Balaban J connectivity index is 1.88. The third-order valence-corrected chi connectivity index (χ3v) is 3.00. The Hall–Kier alpha value is -2.33. The second-order valence-corrected chi connectivity index (χ2v) is 4.51. The minimum absolute atomic E-state index is 0.616. The summed E-state index contributed by atoms with van der Waals surface area (Å²) in [5.74, 6) is 1.42. The number of rotatable bonds is 5. The van der Waals surface area contributed by atoms with E-state index < -0.39 is 0 Å². The summed E-state index contributed by atoms with van der Waals surface area (Å²) in [4.78, 5) is 4.50. The predicted molar refractivity (Wildman–Crippen MR) is 78.6 cm³/mol. The van der Waals surface area contributed by atoms with Gasteiger partial charge in [-0.1, -0.05) is 18.2 Å². The molecule has 20 heavy (non-hydrogen) atoms. The molecule has 1 aromatic heterocycles. The fraction of sp³-hybridized carbons (Fsp3) is 0.188. The van der Waals surface area contributed by atoms with Crippen molar-refractivity contribution in [1.29, 1.82) is 0 Å². The minimum Gasteiger partial charge on any atom is -0.493 e. The monoisotopic (exact) mass is 268 g/mol. The molecule has 4 nitrogen and oxygen atoms in total. The lowest BCUT2D eigenvalue weighted by atomic mass is 10.2. The van der Waals surface area contributed by atoms with Crippen LogP contribution in [-0.4, -0.2) is 18.1 Å². The van der Waals surface area contributed by atoms with E-state index in [0.29, 0.717) is 19.0 Å². The molecular weight excluding hydrogens is 252 g/mol. The fourth-order valence-electron chi connectivity index (χ4n) is 1.97. The first kappa shape index (κ1) is 12.7. The van der Waals surface area contributed by atoms with Gasteiger partial charge >= 0.3 is 0 Å². The van der Waals surface area contributed by atoms with Crippen LogP contribution in [0.2, 0.25) is 0 Å². The molecule has 2 aromatic carbocycles. The van der Waals surface area contributed by atoms with Gasteiger partial charge in [0.1, 0.15) is 11.3 Å². The summed E-state index contributed by atoms with van der Waals surface area (Å²) in [6.07, 6.45) is 0.839. The molecule has 3 aromatic rings. The van der Waals surface area contributed by atoms with E-state index in [2.05, 4.69) is 4.98 Å². The summed E-state index contributed by atoms with van der Waals surface area (Å²) < 4.78 is 11.4. The Morgan fingerprint density at radius 1 is 1.10 bits per heavy atom. The lowest BCUT2D eigenvalue weighted by Crippen LogP contribution is -2.05. The van der Waals surface area contributed by atoms with Crippen LogP contribution in [0.1, 0.15) is 6.42 Å². The molecule has 0 aliphatic heterocycles. The minimum atomic E-state index is 0.616. The second kappa shape index (κ2) is 5.75. The number of nitrogens with zero attached hydrogens (tertiary/aromatic N) is 1. The van der Waals surface area contributed by atoms with E-state index in [4.69, 9.17) is 14.9 Å². The van der Waals surface area contributed by atoms with Gasteiger partial charge < -0.3 is 14.9 Å². The van der Waals surface area contributed by atoms with Crippen molar-refractivity contribution in [3.63, 3.8) is 0 Å². The Morgan fingerprint density at radius 2 is 1.95 bits per heavy atom. The molecule has 0 saturated heterocycles. The van der Waals surface area contributed by atoms with Crippen molar-refractivity contribution in [2.45, 2.75) is 6.42 Å². The summed E-state index contributed by atoms with van der Waals surface area (Å²) in [6, 6.07) is 15.5. The largest absolute Gasteiger partial charge is 0.493 e. The predicted octanol–water partition coefficient (Wildman–Crippen LogP) is 3.22. The molecule has 2 N–H and O–H groups in total. The molecule has 3 rings (SSSR count). The zero-order valence-electron chi connectivity index (χ0n) is 11.1. The van der Waals surface area contributed by atoms with Crippen LogP contribution < -0.4 is 10.5 Å². The molecule has 0 aliphatic rings. The Bertz CT molecular complexity index is 692. The highest BCUT2D eigenvalue weighted by Crippen LogP contribution is 2.26. The van der Waals surface area contributed by atoms with Crippen molar-refractivity contribution in [3.8, 4) is 17.2 Å². The Kier molecular flexibility index (Phi) is 3.65. The molecule has 4 heteroatoms. The van der Waals surface area contributed by atoms with Crippen LogP contribution in [0.4, 0.5) is 0 Å². The van der Waals surface area contributed by atoms with Gasteiger partial charge in [-0.15, -0.1) is 0 Å². The molecule has 0 saturated carbocycles. The number of aromatic nitrogens is 1. The van der Waals surface area contributed by atoms with Crippen molar-refractivity contribution >= 4 is 11.1 Å². The number of hydrogen-bond donors (Lipinski definition) is 1. The van der Waals surface area contributed by atoms with E-state index in [1.54, 1.807) is 0 Å². The lowest BCUT2D eigenvalue weighted by Gasteiger charge is -2.03. The number of hydrogen-bond acceptors (Lipinski definition) is 4. The van der Waals surface area contributed by atoms with E-state index in [1.165, 1.54) is 0 Å². The average Bonchev–Trinajstić information content (AvgIpc) is 2.92. The highest BCUT2D eigenvalue weighted by molar-refractivity contribution is 5.77. The van der Waals surface area contributed by atoms with Crippen LogP contribution in [0.15, 0.2) is 52.9 Å². The van der Waals surface area contributed by atoms with Crippen molar-refractivity contribution < 1.29 is 9.15 Å². The number of nitrogens with two attached hydrogens (primary N) is 1. The fourth-order valence-corrected chi connectivity index (χ4v) is 1.97. The van der Waals surface area contributed by atoms with Gasteiger partial charge in [-0.2, -0.15) is 0 Å². The van der Waals surface area contributed by atoms with Crippen LogP contribution in [0, 0.1) is 0 Å². The highest BCUT2D eigenvalue weighted by atomic mass is 16.5. The third-order valence-electron chi connectivity index (χ3n) is 3.00. The summed E-state index contributed by atoms with van der Waals surface area (Å²) >= 11 is 0. The number of oxazole rings is 1. The molecule has 1 heterocycles. The first-order valence-electron chi connectivity index (χ1n) is 6.66. The number of ether oxygens (including phenoxy) is 1. The Labute approximate surface area is 117 Å². The van der Waals surface area contributed by atoms with Gasteiger partial charge in [0.05, 0.1) is 6.61 Å². The molecule has 0 fully saturated rings. The molecule has 0 spiro atoms. The van der Waals surface area contributed by atoms with E-state index in [0.717, 1.165) is 28.8 Å². The number of fused-ring (bicyclic) bond motifs is 1. The SMILES string of the molecule is NCCCOc1ccc2oc(-c3ccccc3)nc2c1. The summed E-state index contributed by atoms with van der Waals surface area (Å²) in [6.45, 7) is 1.25. The molecule has 0 amide bonds. The van der Waals surface area contributed by atoms with Gasteiger partial charge in [-0.25, -0.2) is 4.98 Å². The maximum Gasteiger partial charge on any atom is 0.227 e. The zero-order valence-corrected chi connectivity index (χ0v) is 11.1.